The van der Waals surface area contributed by atoms with E-state index in [1.54, 1.807) is 0 Å². The Labute approximate surface area is 86.4 Å². The maximum Gasteiger partial charge on any atom is 0.144 e. The highest BCUT2D eigenvalue weighted by Gasteiger charge is 2.26. The highest BCUT2D eigenvalue weighted by molar-refractivity contribution is 4.88. The molecule has 0 aliphatic heterocycles. The van der Waals surface area contributed by atoms with Crippen LogP contribution in [0.1, 0.15) is 39.0 Å². The number of hydrogen-bond donors (Lipinski definition) is 1. The first-order valence-electron chi connectivity index (χ1n) is 5.54. The third-order valence-electron chi connectivity index (χ3n) is 2.93. The van der Waals surface area contributed by atoms with Crippen molar-refractivity contribution >= 4 is 0 Å². The summed E-state index contributed by atoms with van der Waals surface area (Å²) in [6.07, 6.45) is 5.54. The quantitative estimate of drug-likeness (QED) is 0.746. The Bertz CT molecular complexity index is 200. The number of hydrogen-bond acceptors (Lipinski definition) is 3. The fourth-order valence-corrected chi connectivity index (χ4v) is 2.02. The second-order valence-corrected chi connectivity index (χ2v) is 3.88. The largest absolute Gasteiger partial charge is 0.358 e. The molecule has 0 amide bonds. The number of nitrogens with one attached hydrogen (secondary N) is 1. The van der Waals surface area contributed by atoms with Crippen LogP contribution in [0.3, 0.4) is 0 Å². The van der Waals surface area contributed by atoms with Crippen molar-refractivity contribution in [2.24, 2.45) is 0 Å². The summed E-state index contributed by atoms with van der Waals surface area (Å²) >= 11 is 0. The summed E-state index contributed by atoms with van der Waals surface area (Å²) in [7, 11) is 1.97. The van der Waals surface area contributed by atoms with Crippen molar-refractivity contribution in [1.29, 1.82) is 5.26 Å². The van der Waals surface area contributed by atoms with Gasteiger partial charge in [-0.2, -0.15) is 5.26 Å². The lowest BCUT2D eigenvalue weighted by Crippen LogP contribution is -2.43. The van der Waals surface area contributed by atoms with E-state index in [9.17, 15) is 0 Å². The predicted molar refractivity (Wildman–Crippen MR) is 55.9 cm³/mol. The minimum atomic E-state index is -0.228. The molecule has 0 radical (unpaired) electrons. The van der Waals surface area contributed by atoms with Gasteiger partial charge in [0.1, 0.15) is 6.10 Å². The Morgan fingerprint density at radius 1 is 1.50 bits per heavy atom. The van der Waals surface area contributed by atoms with E-state index in [-0.39, 0.29) is 12.2 Å². The van der Waals surface area contributed by atoms with Crippen LogP contribution in [-0.4, -0.2) is 25.3 Å². The van der Waals surface area contributed by atoms with Crippen molar-refractivity contribution in [2.45, 2.75) is 57.3 Å². The summed E-state index contributed by atoms with van der Waals surface area (Å²) in [6, 6.07) is 2.63. The molecule has 1 aliphatic carbocycles. The molecule has 0 aromatic rings. The van der Waals surface area contributed by atoms with Gasteiger partial charge in [0.2, 0.25) is 0 Å². The first kappa shape index (κ1) is 11.5. The molecule has 1 N–H and O–H groups in total. The fraction of sp³-hybridized carbons (Fsp3) is 0.909. The topological polar surface area (TPSA) is 45.0 Å². The SMILES string of the molecule is CCC(C#N)OC1CCCCC1NC. The third kappa shape index (κ3) is 2.97. The molecule has 14 heavy (non-hydrogen) atoms. The lowest BCUT2D eigenvalue weighted by atomic mass is 9.92. The Morgan fingerprint density at radius 3 is 2.79 bits per heavy atom. The summed E-state index contributed by atoms with van der Waals surface area (Å²) < 4.78 is 5.77. The van der Waals surface area contributed by atoms with Crippen LogP contribution in [0.25, 0.3) is 0 Å². The minimum absolute atomic E-state index is 0.228. The molecular formula is C11H20N2O. The molecule has 3 unspecified atom stereocenters. The van der Waals surface area contributed by atoms with Crippen LogP contribution >= 0.6 is 0 Å². The van der Waals surface area contributed by atoms with E-state index in [1.165, 1.54) is 19.3 Å². The van der Waals surface area contributed by atoms with Gasteiger partial charge in [0.15, 0.2) is 0 Å². The zero-order valence-electron chi connectivity index (χ0n) is 9.12. The van der Waals surface area contributed by atoms with Crippen molar-refractivity contribution in [3.05, 3.63) is 0 Å². The molecule has 1 rings (SSSR count). The van der Waals surface area contributed by atoms with E-state index in [0.717, 1.165) is 12.8 Å². The molecule has 1 fully saturated rings. The zero-order chi connectivity index (χ0) is 10.4. The molecule has 1 saturated carbocycles. The molecule has 1 aliphatic rings. The van der Waals surface area contributed by atoms with Crippen LogP contribution in [-0.2, 0) is 4.74 Å². The van der Waals surface area contributed by atoms with Gasteiger partial charge in [0, 0.05) is 6.04 Å². The first-order chi connectivity index (χ1) is 6.81. The van der Waals surface area contributed by atoms with Gasteiger partial charge in [0.25, 0.3) is 0 Å². The average molecular weight is 196 g/mol. The maximum atomic E-state index is 8.82. The van der Waals surface area contributed by atoms with Gasteiger partial charge in [0.05, 0.1) is 12.2 Å². The highest BCUT2D eigenvalue weighted by Crippen LogP contribution is 2.22. The van der Waals surface area contributed by atoms with Gasteiger partial charge >= 0.3 is 0 Å². The number of nitrogens with zero attached hydrogens (tertiary/aromatic N) is 1. The lowest BCUT2D eigenvalue weighted by Gasteiger charge is -2.32. The second kappa shape index (κ2) is 6.00. The van der Waals surface area contributed by atoms with Gasteiger partial charge in [-0.05, 0) is 26.3 Å². The third-order valence-corrected chi connectivity index (χ3v) is 2.93. The summed E-state index contributed by atoms with van der Waals surface area (Å²) in [5, 5.41) is 12.1. The minimum Gasteiger partial charge on any atom is -0.358 e. The zero-order valence-corrected chi connectivity index (χ0v) is 9.12. The standard InChI is InChI=1S/C11H20N2O/c1-3-9(8-12)14-11-7-5-4-6-10(11)13-2/h9-11,13H,3-7H2,1-2H3. The van der Waals surface area contributed by atoms with E-state index in [4.69, 9.17) is 10.00 Å². The van der Waals surface area contributed by atoms with Gasteiger partial charge in [-0.15, -0.1) is 0 Å². The van der Waals surface area contributed by atoms with Crippen LogP contribution in [0, 0.1) is 11.3 Å². The van der Waals surface area contributed by atoms with Gasteiger partial charge < -0.3 is 10.1 Å². The number of rotatable bonds is 4. The van der Waals surface area contributed by atoms with Crippen molar-refractivity contribution in [2.75, 3.05) is 7.05 Å². The monoisotopic (exact) mass is 196 g/mol. The number of ether oxygens (including phenoxy) is 1. The van der Waals surface area contributed by atoms with Crippen LogP contribution in [0.15, 0.2) is 0 Å². The van der Waals surface area contributed by atoms with Crippen LogP contribution < -0.4 is 5.32 Å². The smallest absolute Gasteiger partial charge is 0.144 e. The van der Waals surface area contributed by atoms with E-state index in [2.05, 4.69) is 11.4 Å². The Morgan fingerprint density at radius 2 is 2.21 bits per heavy atom. The normalized spacial score (nSPS) is 29.5. The number of likely N-dealkylation sites (N-methyl/N-ethyl adjacent to an activating group) is 1. The van der Waals surface area contributed by atoms with Crippen LogP contribution in [0.4, 0.5) is 0 Å². The average Bonchev–Trinajstić information content (AvgIpc) is 2.26. The molecule has 3 heteroatoms. The fourth-order valence-electron chi connectivity index (χ4n) is 2.02. The van der Waals surface area contributed by atoms with E-state index in [1.807, 2.05) is 14.0 Å². The van der Waals surface area contributed by atoms with Crippen LogP contribution in [0.2, 0.25) is 0 Å². The van der Waals surface area contributed by atoms with Gasteiger partial charge in [-0.25, -0.2) is 0 Å². The molecule has 3 atom stereocenters. The summed E-state index contributed by atoms with van der Waals surface area (Å²) in [4.78, 5) is 0. The molecule has 0 heterocycles. The summed E-state index contributed by atoms with van der Waals surface area (Å²) in [6.45, 7) is 1.99. The summed E-state index contributed by atoms with van der Waals surface area (Å²) in [5.74, 6) is 0. The molecule has 0 bridgehead atoms. The van der Waals surface area contributed by atoms with Gasteiger partial charge in [-0.1, -0.05) is 19.8 Å². The van der Waals surface area contributed by atoms with Crippen LogP contribution in [0.5, 0.6) is 0 Å². The molecule has 0 saturated heterocycles. The molecule has 0 aromatic carbocycles. The highest BCUT2D eigenvalue weighted by atomic mass is 16.5. The molecule has 0 aromatic heterocycles. The van der Waals surface area contributed by atoms with Crippen molar-refractivity contribution in [3.63, 3.8) is 0 Å². The molecular weight excluding hydrogens is 176 g/mol. The Balaban J connectivity index is 2.44. The summed E-state index contributed by atoms with van der Waals surface area (Å²) in [5.41, 5.74) is 0. The molecule has 0 spiro atoms. The first-order valence-corrected chi connectivity index (χ1v) is 5.54. The van der Waals surface area contributed by atoms with E-state index < -0.39 is 0 Å². The Hall–Kier alpha value is -0.590. The number of nitriles is 1. The van der Waals surface area contributed by atoms with Crippen molar-refractivity contribution in [3.8, 4) is 6.07 Å². The van der Waals surface area contributed by atoms with Gasteiger partial charge in [-0.3, -0.25) is 0 Å². The second-order valence-electron chi connectivity index (χ2n) is 3.88. The van der Waals surface area contributed by atoms with Crippen molar-refractivity contribution < 1.29 is 4.74 Å². The lowest BCUT2D eigenvalue weighted by molar-refractivity contribution is -0.0228. The van der Waals surface area contributed by atoms with Crippen molar-refractivity contribution in [1.82, 2.24) is 5.32 Å². The predicted octanol–water partition coefficient (Wildman–Crippen LogP) is 1.84. The Kier molecular flexibility index (Phi) is 4.92. The van der Waals surface area contributed by atoms with E-state index in [0.29, 0.717) is 6.04 Å². The van der Waals surface area contributed by atoms with E-state index >= 15 is 0 Å². The maximum absolute atomic E-state index is 8.82. The molecule has 80 valence electrons. The molecule has 3 nitrogen and oxygen atoms in total.